The molecular formula is C20H20N2O2S. The van der Waals surface area contributed by atoms with Gasteiger partial charge in [-0.25, -0.2) is 4.98 Å². The topological polar surface area (TPSA) is 52.0 Å². The van der Waals surface area contributed by atoms with E-state index in [4.69, 9.17) is 0 Å². The number of thiophene rings is 1. The molecule has 4 nitrogen and oxygen atoms in total. The van der Waals surface area contributed by atoms with Gasteiger partial charge in [-0.2, -0.15) is 0 Å². The summed E-state index contributed by atoms with van der Waals surface area (Å²) in [7, 11) is 0. The molecule has 5 heteroatoms. The number of fused-ring (bicyclic) bond motifs is 2. The Bertz CT molecular complexity index is 1020. The van der Waals surface area contributed by atoms with Gasteiger partial charge < -0.3 is 0 Å². The summed E-state index contributed by atoms with van der Waals surface area (Å²) in [5.74, 6) is -0.0393. The van der Waals surface area contributed by atoms with E-state index in [0.717, 1.165) is 29.0 Å². The molecule has 0 saturated carbocycles. The van der Waals surface area contributed by atoms with Gasteiger partial charge in [0.25, 0.3) is 5.56 Å². The molecule has 0 saturated heterocycles. The molecule has 3 aromatic rings. The van der Waals surface area contributed by atoms with Crippen molar-refractivity contribution in [3.05, 3.63) is 62.5 Å². The van der Waals surface area contributed by atoms with E-state index < -0.39 is 0 Å². The van der Waals surface area contributed by atoms with Crippen molar-refractivity contribution in [3.63, 3.8) is 0 Å². The van der Waals surface area contributed by atoms with E-state index in [1.54, 1.807) is 11.3 Å². The summed E-state index contributed by atoms with van der Waals surface area (Å²) in [5, 5.41) is 0.614. The minimum absolute atomic E-state index is 0.0393. The lowest BCUT2D eigenvalue weighted by atomic mass is 9.90. The highest BCUT2D eigenvalue weighted by atomic mass is 32.1. The first-order valence-corrected chi connectivity index (χ1v) is 9.60. The zero-order valence-corrected chi connectivity index (χ0v) is 15.1. The lowest BCUT2D eigenvalue weighted by Gasteiger charge is -2.16. The number of carbonyl (C=O) groups excluding carboxylic acids is 1. The predicted molar refractivity (Wildman–Crippen MR) is 101 cm³/mol. The van der Waals surface area contributed by atoms with E-state index in [9.17, 15) is 9.59 Å². The Kier molecular flexibility index (Phi) is 4.25. The molecule has 1 aromatic carbocycles. The van der Waals surface area contributed by atoms with Crippen molar-refractivity contribution < 1.29 is 4.79 Å². The summed E-state index contributed by atoms with van der Waals surface area (Å²) in [5.41, 5.74) is 3.19. The van der Waals surface area contributed by atoms with Gasteiger partial charge in [-0.05, 0) is 55.4 Å². The lowest BCUT2D eigenvalue weighted by Crippen LogP contribution is -2.24. The molecule has 1 aliphatic rings. The monoisotopic (exact) mass is 352 g/mol. The van der Waals surface area contributed by atoms with E-state index in [1.807, 2.05) is 18.2 Å². The number of nitrogens with zero attached hydrogens (tertiary/aromatic N) is 2. The number of rotatable bonds is 4. The normalized spacial score (nSPS) is 13.8. The Morgan fingerprint density at radius 2 is 2.00 bits per heavy atom. The van der Waals surface area contributed by atoms with Crippen LogP contribution < -0.4 is 5.56 Å². The van der Waals surface area contributed by atoms with Crippen LogP contribution in [0.4, 0.5) is 0 Å². The molecule has 2 heterocycles. The molecule has 0 atom stereocenters. The average molecular weight is 352 g/mol. The standard InChI is InChI=1S/C20H20N2O2S/c1-2-16-10-17-19(25-16)21-12-22(20(17)24)11-18(23)15-8-7-13-5-3-4-6-14(13)9-15/h7-10,12H,2-6,11H2,1H3. The number of ketones is 1. The molecule has 0 unspecified atom stereocenters. The van der Waals surface area contributed by atoms with Gasteiger partial charge in [0.1, 0.15) is 4.83 Å². The molecule has 0 aliphatic heterocycles. The average Bonchev–Trinajstić information content (AvgIpc) is 3.08. The zero-order valence-electron chi connectivity index (χ0n) is 14.2. The van der Waals surface area contributed by atoms with E-state index in [2.05, 4.69) is 18.0 Å². The van der Waals surface area contributed by atoms with E-state index in [-0.39, 0.29) is 17.9 Å². The zero-order chi connectivity index (χ0) is 17.4. The molecule has 128 valence electrons. The van der Waals surface area contributed by atoms with Crippen LogP contribution in [0.25, 0.3) is 10.2 Å². The molecular weight excluding hydrogens is 332 g/mol. The number of hydrogen-bond donors (Lipinski definition) is 0. The molecule has 4 rings (SSSR count). The predicted octanol–water partition coefficient (Wildman–Crippen LogP) is 3.78. The van der Waals surface area contributed by atoms with Crippen molar-refractivity contribution in [2.45, 2.75) is 45.6 Å². The number of aryl methyl sites for hydroxylation is 3. The van der Waals surface area contributed by atoms with Gasteiger partial charge >= 0.3 is 0 Å². The Morgan fingerprint density at radius 1 is 1.20 bits per heavy atom. The molecule has 0 spiro atoms. The van der Waals surface area contributed by atoms with Crippen LogP contribution in [0, 0.1) is 0 Å². The number of hydrogen-bond acceptors (Lipinski definition) is 4. The third-order valence-electron chi connectivity index (χ3n) is 4.90. The van der Waals surface area contributed by atoms with E-state index in [0.29, 0.717) is 10.9 Å². The second-order valence-electron chi connectivity index (χ2n) is 6.58. The maximum absolute atomic E-state index is 12.7. The van der Waals surface area contributed by atoms with Crippen LogP contribution in [0.1, 0.15) is 46.1 Å². The van der Waals surface area contributed by atoms with E-state index >= 15 is 0 Å². The highest BCUT2D eigenvalue weighted by Gasteiger charge is 2.15. The maximum atomic E-state index is 12.7. The Morgan fingerprint density at radius 3 is 2.80 bits per heavy atom. The van der Waals surface area contributed by atoms with Gasteiger partial charge in [-0.15, -0.1) is 11.3 Å². The van der Waals surface area contributed by atoms with Crippen LogP contribution in [-0.4, -0.2) is 15.3 Å². The fourth-order valence-electron chi connectivity index (χ4n) is 3.45. The van der Waals surface area contributed by atoms with Crippen molar-refractivity contribution in [3.8, 4) is 0 Å². The summed E-state index contributed by atoms with van der Waals surface area (Å²) in [6.45, 7) is 2.10. The van der Waals surface area contributed by atoms with Crippen LogP contribution in [0.2, 0.25) is 0 Å². The minimum atomic E-state index is -0.132. The first kappa shape index (κ1) is 16.2. The summed E-state index contributed by atoms with van der Waals surface area (Å²) < 4.78 is 1.43. The molecule has 0 fully saturated rings. The molecule has 0 N–H and O–H groups in total. The molecule has 2 aromatic heterocycles. The van der Waals surface area contributed by atoms with Crippen molar-refractivity contribution >= 4 is 27.3 Å². The van der Waals surface area contributed by atoms with Gasteiger partial charge in [-0.3, -0.25) is 14.2 Å². The van der Waals surface area contributed by atoms with Crippen LogP contribution in [0.15, 0.2) is 35.4 Å². The summed E-state index contributed by atoms with van der Waals surface area (Å²) in [6, 6.07) is 7.87. The van der Waals surface area contributed by atoms with Crippen molar-refractivity contribution in [1.29, 1.82) is 0 Å². The number of benzene rings is 1. The van der Waals surface area contributed by atoms with Crippen LogP contribution in [-0.2, 0) is 25.8 Å². The van der Waals surface area contributed by atoms with Crippen molar-refractivity contribution in [2.24, 2.45) is 0 Å². The van der Waals surface area contributed by atoms with Crippen LogP contribution in [0.3, 0.4) is 0 Å². The van der Waals surface area contributed by atoms with E-state index in [1.165, 1.54) is 34.9 Å². The minimum Gasteiger partial charge on any atom is -0.292 e. The highest BCUT2D eigenvalue weighted by Crippen LogP contribution is 2.23. The number of Topliss-reactive ketones (excluding diaryl/α,β-unsaturated/α-hetero) is 1. The highest BCUT2D eigenvalue weighted by molar-refractivity contribution is 7.18. The third kappa shape index (κ3) is 3.04. The van der Waals surface area contributed by atoms with Crippen LogP contribution in [0.5, 0.6) is 0 Å². The third-order valence-corrected chi connectivity index (χ3v) is 6.09. The largest absolute Gasteiger partial charge is 0.292 e. The van der Waals surface area contributed by atoms with Gasteiger partial charge in [-0.1, -0.05) is 19.1 Å². The van der Waals surface area contributed by atoms with Gasteiger partial charge in [0.2, 0.25) is 0 Å². The van der Waals surface area contributed by atoms with Crippen molar-refractivity contribution in [1.82, 2.24) is 9.55 Å². The molecule has 0 radical (unpaired) electrons. The fraction of sp³-hybridized carbons (Fsp3) is 0.350. The summed E-state index contributed by atoms with van der Waals surface area (Å²) in [6.07, 6.45) is 6.93. The first-order valence-electron chi connectivity index (χ1n) is 8.78. The number of aromatic nitrogens is 2. The van der Waals surface area contributed by atoms with Crippen LogP contribution >= 0.6 is 11.3 Å². The molecule has 1 aliphatic carbocycles. The SMILES string of the molecule is CCc1cc2c(=O)n(CC(=O)c3ccc4c(c3)CCCC4)cnc2s1. The van der Waals surface area contributed by atoms with Gasteiger partial charge in [0, 0.05) is 10.4 Å². The lowest BCUT2D eigenvalue weighted by molar-refractivity contribution is 0.0970. The van der Waals surface area contributed by atoms with Crippen molar-refractivity contribution in [2.75, 3.05) is 0 Å². The smallest absolute Gasteiger partial charge is 0.262 e. The second-order valence-corrected chi connectivity index (χ2v) is 7.69. The second kappa shape index (κ2) is 6.56. The fourth-order valence-corrected chi connectivity index (χ4v) is 4.37. The Hall–Kier alpha value is -2.27. The summed E-state index contributed by atoms with van der Waals surface area (Å²) in [4.78, 5) is 31.5. The Labute approximate surface area is 150 Å². The summed E-state index contributed by atoms with van der Waals surface area (Å²) >= 11 is 1.54. The Balaban J connectivity index is 1.63. The molecule has 0 amide bonds. The maximum Gasteiger partial charge on any atom is 0.262 e. The van der Waals surface area contributed by atoms with Gasteiger partial charge in [0.05, 0.1) is 18.3 Å². The number of carbonyl (C=O) groups is 1. The molecule has 0 bridgehead atoms. The van der Waals surface area contributed by atoms with Gasteiger partial charge in [0.15, 0.2) is 5.78 Å². The quantitative estimate of drug-likeness (QED) is 0.672. The molecule has 25 heavy (non-hydrogen) atoms. The first-order chi connectivity index (χ1) is 12.2.